The molecule has 1 N–H and O–H groups in total. The van der Waals surface area contributed by atoms with Crippen LogP contribution in [0.15, 0.2) is 60.8 Å². The Bertz CT molecular complexity index is 1180. The zero-order chi connectivity index (χ0) is 20.4. The van der Waals surface area contributed by atoms with Gasteiger partial charge in [-0.2, -0.15) is 5.10 Å². The summed E-state index contributed by atoms with van der Waals surface area (Å²) >= 11 is 0. The van der Waals surface area contributed by atoms with Crippen LogP contribution < -0.4 is 10.1 Å². The molecule has 2 aromatic heterocycles. The van der Waals surface area contributed by atoms with E-state index in [1.54, 1.807) is 18.0 Å². The van der Waals surface area contributed by atoms with E-state index >= 15 is 0 Å². The van der Waals surface area contributed by atoms with Crippen LogP contribution in [0.2, 0.25) is 0 Å². The number of amides is 1. The molecule has 0 saturated carbocycles. The topological polar surface area (TPSA) is 69.0 Å². The monoisotopic (exact) mass is 386 g/mol. The lowest BCUT2D eigenvalue weighted by Gasteiger charge is -2.10. The first-order valence-corrected chi connectivity index (χ1v) is 9.36. The molecular weight excluding hydrogens is 364 g/mol. The van der Waals surface area contributed by atoms with Crippen LogP contribution in [-0.2, 0) is 13.6 Å². The number of methoxy groups -OCH3 is 1. The molecule has 2 aromatic carbocycles. The van der Waals surface area contributed by atoms with Crippen LogP contribution in [0.4, 0.5) is 0 Å². The minimum absolute atomic E-state index is 0.165. The molecule has 29 heavy (non-hydrogen) atoms. The lowest BCUT2D eigenvalue weighted by atomic mass is 10.0. The molecule has 0 aliphatic carbocycles. The standard InChI is InChI=1S/C23H22N4O2/c1-15-7-9-17(10-8-15)21-12-19(20-14-25-27(2)22(20)26-21)23(28)24-13-16-5-4-6-18(11-16)29-3/h4-12,14H,13H2,1-3H3,(H,24,28). The largest absolute Gasteiger partial charge is 0.497 e. The second-order valence-electron chi connectivity index (χ2n) is 6.96. The number of pyridine rings is 1. The van der Waals surface area contributed by atoms with E-state index < -0.39 is 0 Å². The maximum atomic E-state index is 13.0. The van der Waals surface area contributed by atoms with Crippen LogP contribution in [-0.4, -0.2) is 27.8 Å². The molecule has 6 heteroatoms. The molecule has 6 nitrogen and oxygen atoms in total. The lowest BCUT2D eigenvalue weighted by Crippen LogP contribution is -2.23. The van der Waals surface area contributed by atoms with Gasteiger partial charge in [-0.05, 0) is 30.7 Å². The highest BCUT2D eigenvalue weighted by molar-refractivity contribution is 6.06. The van der Waals surface area contributed by atoms with Crippen molar-refractivity contribution in [2.45, 2.75) is 13.5 Å². The van der Waals surface area contributed by atoms with Crippen molar-refractivity contribution < 1.29 is 9.53 Å². The number of carbonyl (C=O) groups is 1. The van der Waals surface area contributed by atoms with Crippen molar-refractivity contribution in [3.8, 4) is 17.0 Å². The molecule has 0 aliphatic heterocycles. The van der Waals surface area contributed by atoms with E-state index in [4.69, 9.17) is 9.72 Å². The molecule has 0 fully saturated rings. The van der Waals surface area contributed by atoms with Gasteiger partial charge in [0.15, 0.2) is 5.65 Å². The third kappa shape index (κ3) is 3.82. The molecule has 1 amide bonds. The molecule has 2 heterocycles. The fourth-order valence-corrected chi connectivity index (χ4v) is 3.23. The van der Waals surface area contributed by atoms with Gasteiger partial charge in [-0.15, -0.1) is 0 Å². The highest BCUT2D eigenvalue weighted by Gasteiger charge is 2.16. The Morgan fingerprint density at radius 1 is 1.14 bits per heavy atom. The predicted molar refractivity (Wildman–Crippen MR) is 113 cm³/mol. The van der Waals surface area contributed by atoms with Gasteiger partial charge in [-0.3, -0.25) is 9.48 Å². The van der Waals surface area contributed by atoms with Gasteiger partial charge < -0.3 is 10.1 Å². The third-order valence-electron chi connectivity index (χ3n) is 4.88. The third-order valence-corrected chi connectivity index (χ3v) is 4.88. The summed E-state index contributed by atoms with van der Waals surface area (Å²) < 4.78 is 6.93. The maximum absolute atomic E-state index is 13.0. The molecule has 0 radical (unpaired) electrons. The highest BCUT2D eigenvalue weighted by Crippen LogP contribution is 2.25. The lowest BCUT2D eigenvalue weighted by molar-refractivity contribution is 0.0952. The summed E-state index contributed by atoms with van der Waals surface area (Å²) in [6, 6.07) is 17.6. The summed E-state index contributed by atoms with van der Waals surface area (Å²) in [6.07, 6.45) is 1.68. The van der Waals surface area contributed by atoms with E-state index in [2.05, 4.69) is 10.4 Å². The number of hydrogen-bond donors (Lipinski definition) is 1. The summed E-state index contributed by atoms with van der Waals surface area (Å²) in [4.78, 5) is 17.7. The summed E-state index contributed by atoms with van der Waals surface area (Å²) in [5.41, 5.74) is 5.07. The average molecular weight is 386 g/mol. The first-order valence-electron chi connectivity index (χ1n) is 9.36. The summed E-state index contributed by atoms with van der Waals surface area (Å²) in [7, 11) is 3.45. The van der Waals surface area contributed by atoms with E-state index in [-0.39, 0.29) is 5.91 Å². The highest BCUT2D eigenvalue weighted by atomic mass is 16.5. The number of nitrogens with one attached hydrogen (secondary N) is 1. The molecule has 0 bridgehead atoms. The molecule has 0 spiro atoms. The van der Waals surface area contributed by atoms with Gasteiger partial charge >= 0.3 is 0 Å². The molecule has 0 atom stereocenters. The molecule has 0 aliphatic rings. The number of benzene rings is 2. The second-order valence-corrected chi connectivity index (χ2v) is 6.96. The van der Waals surface area contributed by atoms with Crippen LogP contribution in [0.1, 0.15) is 21.5 Å². The Balaban J connectivity index is 1.68. The van der Waals surface area contributed by atoms with E-state index in [1.807, 2.05) is 68.6 Å². The van der Waals surface area contributed by atoms with Gasteiger partial charge in [0.25, 0.3) is 5.91 Å². The molecule has 4 rings (SSSR count). The van der Waals surface area contributed by atoms with Crippen LogP contribution in [0.5, 0.6) is 5.75 Å². The van der Waals surface area contributed by atoms with Crippen molar-refractivity contribution in [2.75, 3.05) is 7.11 Å². The van der Waals surface area contributed by atoms with Crippen molar-refractivity contribution >= 4 is 16.9 Å². The molecular formula is C23H22N4O2. The summed E-state index contributed by atoms with van der Waals surface area (Å²) in [5, 5.41) is 8.01. The first kappa shape index (κ1) is 18.7. The van der Waals surface area contributed by atoms with Crippen molar-refractivity contribution in [2.24, 2.45) is 7.05 Å². The van der Waals surface area contributed by atoms with Crippen LogP contribution in [0.3, 0.4) is 0 Å². The SMILES string of the molecule is COc1cccc(CNC(=O)c2cc(-c3ccc(C)cc3)nc3c2cnn3C)c1. The Morgan fingerprint density at radius 3 is 2.69 bits per heavy atom. The summed E-state index contributed by atoms with van der Waals surface area (Å²) in [6.45, 7) is 2.44. The van der Waals surface area contributed by atoms with E-state index in [0.29, 0.717) is 17.8 Å². The quantitative estimate of drug-likeness (QED) is 0.565. The van der Waals surface area contributed by atoms with Crippen molar-refractivity contribution in [1.82, 2.24) is 20.1 Å². The number of aryl methyl sites for hydroxylation is 2. The predicted octanol–water partition coefficient (Wildman–Crippen LogP) is 3.88. The van der Waals surface area contributed by atoms with Gasteiger partial charge in [0.1, 0.15) is 5.75 Å². The van der Waals surface area contributed by atoms with Crippen molar-refractivity contribution in [3.63, 3.8) is 0 Å². The number of fused-ring (bicyclic) bond motifs is 1. The van der Waals surface area contributed by atoms with Crippen LogP contribution >= 0.6 is 0 Å². The smallest absolute Gasteiger partial charge is 0.252 e. The molecule has 0 unspecified atom stereocenters. The Kier molecular flexibility index (Phi) is 4.99. The first-order chi connectivity index (χ1) is 14.0. The fraction of sp³-hybridized carbons (Fsp3) is 0.174. The number of ether oxygens (including phenoxy) is 1. The van der Waals surface area contributed by atoms with Gasteiger partial charge in [0, 0.05) is 19.2 Å². The van der Waals surface area contributed by atoms with Gasteiger partial charge in [0.05, 0.1) is 30.0 Å². The van der Waals surface area contributed by atoms with Gasteiger partial charge in [-0.25, -0.2) is 4.98 Å². The average Bonchev–Trinajstić information content (AvgIpc) is 3.13. The molecule has 146 valence electrons. The van der Waals surface area contributed by atoms with E-state index in [9.17, 15) is 4.79 Å². The zero-order valence-electron chi connectivity index (χ0n) is 16.6. The zero-order valence-corrected chi connectivity index (χ0v) is 16.6. The number of rotatable bonds is 5. The molecule has 4 aromatic rings. The summed E-state index contributed by atoms with van der Waals surface area (Å²) in [5.74, 6) is 0.596. The number of nitrogens with zero attached hydrogens (tertiary/aromatic N) is 3. The molecule has 0 saturated heterocycles. The minimum Gasteiger partial charge on any atom is -0.497 e. The Morgan fingerprint density at radius 2 is 1.93 bits per heavy atom. The van der Waals surface area contributed by atoms with Crippen molar-refractivity contribution in [3.05, 3.63) is 77.5 Å². The van der Waals surface area contributed by atoms with Gasteiger partial charge in [-0.1, -0.05) is 42.0 Å². The Labute approximate surface area is 169 Å². The van der Waals surface area contributed by atoms with E-state index in [0.717, 1.165) is 28.0 Å². The number of carbonyl (C=O) groups excluding carboxylic acids is 1. The Hall–Kier alpha value is -3.67. The van der Waals surface area contributed by atoms with Crippen LogP contribution in [0.25, 0.3) is 22.3 Å². The number of hydrogen-bond acceptors (Lipinski definition) is 4. The maximum Gasteiger partial charge on any atom is 0.252 e. The second kappa shape index (κ2) is 7.75. The van der Waals surface area contributed by atoms with Crippen molar-refractivity contribution in [1.29, 1.82) is 0 Å². The normalized spacial score (nSPS) is 10.9. The van der Waals surface area contributed by atoms with E-state index in [1.165, 1.54) is 5.56 Å². The fourth-order valence-electron chi connectivity index (χ4n) is 3.23. The number of aromatic nitrogens is 3. The van der Waals surface area contributed by atoms with Crippen LogP contribution in [0, 0.1) is 6.92 Å². The minimum atomic E-state index is -0.165. The van der Waals surface area contributed by atoms with Gasteiger partial charge in [0.2, 0.25) is 0 Å².